The summed E-state index contributed by atoms with van der Waals surface area (Å²) in [6, 6.07) is 10.6. The largest absolute Gasteiger partial charge is 0.496 e. The quantitative estimate of drug-likeness (QED) is 0.671. The van der Waals surface area contributed by atoms with E-state index >= 15 is 0 Å². The van der Waals surface area contributed by atoms with Gasteiger partial charge in [0.2, 0.25) is 0 Å². The molecule has 0 amide bonds. The number of benzene rings is 2. The molecule has 2 aromatic carbocycles. The molecule has 1 unspecified atom stereocenters. The first-order valence-corrected chi connectivity index (χ1v) is 7.14. The van der Waals surface area contributed by atoms with Crippen LogP contribution in [0.5, 0.6) is 5.75 Å². The van der Waals surface area contributed by atoms with E-state index in [9.17, 15) is 4.39 Å². The van der Waals surface area contributed by atoms with Gasteiger partial charge in [0.1, 0.15) is 11.6 Å². The number of nitrogens with two attached hydrogens (primary N) is 1. The molecular weight excluding hydrogens is 267 g/mol. The van der Waals surface area contributed by atoms with Gasteiger partial charge in [0.05, 0.1) is 13.2 Å². The Hall–Kier alpha value is -1.91. The van der Waals surface area contributed by atoms with Crippen LogP contribution in [0.1, 0.15) is 34.7 Å². The van der Waals surface area contributed by atoms with Crippen molar-refractivity contribution in [3.05, 3.63) is 64.5 Å². The Kier molecular flexibility index (Phi) is 3.90. The van der Waals surface area contributed by atoms with Crippen LogP contribution >= 0.6 is 0 Å². The van der Waals surface area contributed by atoms with Crippen LogP contribution in [0, 0.1) is 5.82 Å². The van der Waals surface area contributed by atoms with Gasteiger partial charge in [-0.05, 0) is 54.2 Å². The molecule has 0 aromatic heterocycles. The molecule has 0 bridgehead atoms. The molecule has 3 rings (SSSR count). The number of rotatable bonds is 4. The van der Waals surface area contributed by atoms with Crippen molar-refractivity contribution in [2.24, 2.45) is 5.84 Å². The fourth-order valence-electron chi connectivity index (χ4n) is 3.07. The lowest BCUT2D eigenvalue weighted by atomic mass is 9.95. The Bertz CT molecular complexity index is 657. The number of hydrogen-bond acceptors (Lipinski definition) is 3. The minimum atomic E-state index is -0.299. The fourth-order valence-corrected chi connectivity index (χ4v) is 3.07. The van der Waals surface area contributed by atoms with Crippen molar-refractivity contribution in [2.75, 3.05) is 7.11 Å². The summed E-state index contributed by atoms with van der Waals surface area (Å²) in [5.41, 5.74) is 7.28. The monoisotopic (exact) mass is 286 g/mol. The molecule has 4 heteroatoms. The Morgan fingerprint density at radius 2 is 1.95 bits per heavy atom. The summed E-state index contributed by atoms with van der Waals surface area (Å²) in [5, 5.41) is 0. The van der Waals surface area contributed by atoms with Crippen molar-refractivity contribution in [3.63, 3.8) is 0 Å². The number of nitrogens with one attached hydrogen (secondary N) is 1. The third-order valence-corrected chi connectivity index (χ3v) is 4.13. The van der Waals surface area contributed by atoms with E-state index in [2.05, 4.69) is 23.6 Å². The van der Waals surface area contributed by atoms with Crippen molar-refractivity contribution < 1.29 is 9.13 Å². The summed E-state index contributed by atoms with van der Waals surface area (Å²) in [5.74, 6) is 6.05. The molecule has 21 heavy (non-hydrogen) atoms. The topological polar surface area (TPSA) is 47.3 Å². The zero-order valence-electron chi connectivity index (χ0n) is 12.0. The van der Waals surface area contributed by atoms with Crippen LogP contribution in [0.25, 0.3) is 0 Å². The van der Waals surface area contributed by atoms with Crippen LogP contribution in [0.15, 0.2) is 36.4 Å². The summed E-state index contributed by atoms with van der Waals surface area (Å²) in [7, 11) is 1.58. The number of fused-ring (bicyclic) bond motifs is 1. The lowest BCUT2D eigenvalue weighted by molar-refractivity contribution is 0.402. The van der Waals surface area contributed by atoms with Crippen LogP contribution in [0.4, 0.5) is 4.39 Å². The molecule has 0 saturated heterocycles. The van der Waals surface area contributed by atoms with E-state index < -0.39 is 0 Å². The van der Waals surface area contributed by atoms with Gasteiger partial charge in [-0.3, -0.25) is 5.84 Å². The Labute approximate surface area is 123 Å². The molecule has 0 fully saturated rings. The van der Waals surface area contributed by atoms with Gasteiger partial charge in [0.25, 0.3) is 0 Å². The number of hydrogen-bond donors (Lipinski definition) is 2. The summed E-state index contributed by atoms with van der Waals surface area (Å²) in [6.45, 7) is 0. The third kappa shape index (κ3) is 2.64. The van der Waals surface area contributed by atoms with Crippen LogP contribution in [-0.4, -0.2) is 7.11 Å². The lowest BCUT2D eigenvalue weighted by Crippen LogP contribution is -2.29. The maximum Gasteiger partial charge on any atom is 0.124 e. The molecule has 0 radical (unpaired) electrons. The number of halogens is 1. The van der Waals surface area contributed by atoms with Crippen LogP contribution in [0.2, 0.25) is 0 Å². The molecule has 3 nitrogen and oxygen atoms in total. The molecule has 1 aliphatic rings. The minimum absolute atomic E-state index is 0.290. The first-order chi connectivity index (χ1) is 10.2. The van der Waals surface area contributed by atoms with Crippen molar-refractivity contribution in [2.45, 2.75) is 25.3 Å². The van der Waals surface area contributed by atoms with E-state index in [1.807, 2.05) is 0 Å². The Morgan fingerprint density at radius 3 is 2.71 bits per heavy atom. The normalized spacial score (nSPS) is 14.8. The van der Waals surface area contributed by atoms with Gasteiger partial charge in [-0.15, -0.1) is 0 Å². The van der Waals surface area contributed by atoms with Crippen LogP contribution in [0.3, 0.4) is 0 Å². The second-order valence-electron chi connectivity index (χ2n) is 5.37. The van der Waals surface area contributed by atoms with Crippen LogP contribution in [-0.2, 0) is 12.8 Å². The second-order valence-corrected chi connectivity index (χ2v) is 5.37. The van der Waals surface area contributed by atoms with Gasteiger partial charge in [0, 0.05) is 5.56 Å². The molecule has 0 spiro atoms. The van der Waals surface area contributed by atoms with Crippen LogP contribution < -0.4 is 16.0 Å². The standard InChI is InChI=1S/C17H19FN2O/c1-21-16-8-7-14(18)10-15(16)17(20-19)13-6-5-11-3-2-4-12(11)9-13/h5-10,17,20H,2-4,19H2,1H3. The second kappa shape index (κ2) is 5.84. The van der Waals surface area contributed by atoms with Crippen molar-refractivity contribution in [3.8, 4) is 5.75 Å². The van der Waals surface area contributed by atoms with E-state index in [1.165, 1.54) is 29.7 Å². The summed E-state index contributed by atoms with van der Waals surface area (Å²) < 4.78 is 18.9. The highest BCUT2D eigenvalue weighted by atomic mass is 19.1. The molecule has 1 atom stereocenters. The third-order valence-electron chi connectivity index (χ3n) is 4.13. The highest BCUT2D eigenvalue weighted by Crippen LogP contribution is 2.32. The van der Waals surface area contributed by atoms with Gasteiger partial charge >= 0.3 is 0 Å². The van der Waals surface area contributed by atoms with Gasteiger partial charge in [0.15, 0.2) is 0 Å². The molecule has 110 valence electrons. The first kappa shape index (κ1) is 14.0. The van der Waals surface area contributed by atoms with Gasteiger partial charge in [-0.1, -0.05) is 18.2 Å². The average molecular weight is 286 g/mol. The Balaban J connectivity index is 2.04. The Morgan fingerprint density at radius 1 is 1.14 bits per heavy atom. The maximum absolute atomic E-state index is 13.6. The van der Waals surface area contributed by atoms with E-state index in [-0.39, 0.29) is 11.9 Å². The zero-order valence-corrected chi connectivity index (χ0v) is 12.0. The van der Waals surface area contributed by atoms with Gasteiger partial charge < -0.3 is 4.74 Å². The molecule has 1 aliphatic carbocycles. The first-order valence-electron chi connectivity index (χ1n) is 7.14. The van der Waals surface area contributed by atoms with Crippen molar-refractivity contribution in [1.29, 1.82) is 0 Å². The maximum atomic E-state index is 13.6. The van der Waals surface area contributed by atoms with Crippen molar-refractivity contribution in [1.82, 2.24) is 5.43 Å². The SMILES string of the molecule is COc1ccc(F)cc1C(NN)c1ccc2c(c1)CCC2. The smallest absolute Gasteiger partial charge is 0.124 e. The summed E-state index contributed by atoms with van der Waals surface area (Å²) >= 11 is 0. The highest BCUT2D eigenvalue weighted by molar-refractivity contribution is 5.44. The van der Waals surface area contributed by atoms with E-state index in [0.717, 1.165) is 18.4 Å². The number of hydrazine groups is 1. The molecule has 3 N–H and O–H groups in total. The minimum Gasteiger partial charge on any atom is -0.496 e. The highest BCUT2D eigenvalue weighted by Gasteiger charge is 2.20. The molecular formula is C17H19FN2O. The molecule has 0 heterocycles. The number of methoxy groups -OCH3 is 1. The fraction of sp³-hybridized carbons (Fsp3) is 0.294. The predicted molar refractivity (Wildman–Crippen MR) is 80.6 cm³/mol. The summed E-state index contributed by atoms with van der Waals surface area (Å²) in [4.78, 5) is 0. The average Bonchev–Trinajstić information content (AvgIpc) is 2.96. The van der Waals surface area contributed by atoms with Gasteiger partial charge in [-0.25, -0.2) is 9.82 Å². The molecule has 0 saturated carbocycles. The number of ether oxygens (including phenoxy) is 1. The number of aryl methyl sites for hydroxylation is 2. The van der Waals surface area contributed by atoms with E-state index in [0.29, 0.717) is 11.3 Å². The van der Waals surface area contributed by atoms with Gasteiger partial charge in [-0.2, -0.15) is 0 Å². The lowest BCUT2D eigenvalue weighted by Gasteiger charge is -2.20. The van der Waals surface area contributed by atoms with E-state index in [4.69, 9.17) is 10.6 Å². The molecule has 0 aliphatic heterocycles. The van der Waals surface area contributed by atoms with Crippen molar-refractivity contribution >= 4 is 0 Å². The predicted octanol–water partition coefficient (Wildman–Crippen LogP) is 2.88. The van der Waals surface area contributed by atoms with E-state index in [1.54, 1.807) is 13.2 Å². The molecule has 2 aromatic rings. The zero-order chi connectivity index (χ0) is 14.8. The summed E-state index contributed by atoms with van der Waals surface area (Å²) in [6.07, 6.45) is 3.43.